The molecule has 8 heteroatoms. The van der Waals surface area contributed by atoms with Gasteiger partial charge in [-0.15, -0.1) is 35.1 Å². The van der Waals surface area contributed by atoms with Crippen LogP contribution in [0.5, 0.6) is 0 Å². The standard InChI is InChI=1S/C22H18ClN3OS2.ClH/c23-19-15-8-4-5-9-17(15)28-20(19)21(27)25-22-24-16-10-11-26(13-18(16)29-22)12-14-6-2-1-3-7-14;/h1-9H,10-13H2,(H,24,25,27);1H. The first kappa shape index (κ1) is 21.3. The minimum Gasteiger partial charge on any atom is -0.297 e. The number of halogens is 2. The van der Waals surface area contributed by atoms with Gasteiger partial charge in [-0.3, -0.25) is 15.0 Å². The third-order valence-corrected chi connectivity index (χ3v) is 7.69. The van der Waals surface area contributed by atoms with E-state index in [2.05, 4.69) is 39.5 Å². The van der Waals surface area contributed by atoms with Crippen molar-refractivity contribution >= 4 is 67.8 Å². The fourth-order valence-electron chi connectivity index (χ4n) is 3.59. The van der Waals surface area contributed by atoms with Crippen molar-refractivity contribution in [1.82, 2.24) is 9.88 Å². The third-order valence-electron chi connectivity index (χ3n) is 5.02. The van der Waals surface area contributed by atoms with Crippen LogP contribution in [-0.4, -0.2) is 22.3 Å². The number of thiazole rings is 1. The second-order valence-corrected chi connectivity index (χ2v) is 9.54. The first-order chi connectivity index (χ1) is 14.2. The van der Waals surface area contributed by atoms with Gasteiger partial charge in [0.05, 0.1) is 10.7 Å². The number of hydrogen-bond donors (Lipinski definition) is 1. The summed E-state index contributed by atoms with van der Waals surface area (Å²) in [5.74, 6) is -0.191. The fraction of sp³-hybridized carbons (Fsp3) is 0.182. The number of aromatic nitrogens is 1. The number of hydrogen-bond acceptors (Lipinski definition) is 5. The van der Waals surface area contributed by atoms with E-state index in [-0.39, 0.29) is 18.3 Å². The van der Waals surface area contributed by atoms with Crippen molar-refractivity contribution in [1.29, 1.82) is 0 Å². The van der Waals surface area contributed by atoms with E-state index in [0.29, 0.717) is 15.0 Å². The molecule has 0 aliphatic carbocycles. The molecule has 3 heterocycles. The van der Waals surface area contributed by atoms with Gasteiger partial charge in [0.25, 0.3) is 5.91 Å². The van der Waals surface area contributed by atoms with Gasteiger partial charge in [-0.2, -0.15) is 0 Å². The Morgan fingerprint density at radius 2 is 1.87 bits per heavy atom. The molecule has 5 rings (SSSR count). The van der Waals surface area contributed by atoms with E-state index < -0.39 is 0 Å². The molecule has 4 nitrogen and oxygen atoms in total. The number of thiophene rings is 1. The lowest BCUT2D eigenvalue weighted by Gasteiger charge is -2.25. The summed E-state index contributed by atoms with van der Waals surface area (Å²) >= 11 is 9.42. The Morgan fingerprint density at radius 3 is 2.67 bits per heavy atom. The average Bonchev–Trinajstić information content (AvgIpc) is 3.29. The largest absolute Gasteiger partial charge is 0.297 e. The van der Waals surface area contributed by atoms with Crippen molar-refractivity contribution in [3.05, 3.63) is 80.6 Å². The molecule has 0 unspecified atom stereocenters. The number of benzene rings is 2. The van der Waals surface area contributed by atoms with Crippen LogP contribution < -0.4 is 5.32 Å². The zero-order valence-corrected chi connectivity index (χ0v) is 19.1. The van der Waals surface area contributed by atoms with Crippen LogP contribution in [-0.2, 0) is 19.5 Å². The Kier molecular flexibility index (Phi) is 6.41. The van der Waals surface area contributed by atoms with Crippen LogP contribution in [0.3, 0.4) is 0 Å². The summed E-state index contributed by atoms with van der Waals surface area (Å²) in [7, 11) is 0. The van der Waals surface area contributed by atoms with E-state index in [1.165, 1.54) is 21.8 Å². The van der Waals surface area contributed by atoms with E-state index in [1.807, 2.05) is 30.3 Å². The highest BCUT2D eigenvalue weighted by Crippen LogP contribution is 2.36. The van der Waals surface area contributed by atoms with Crippen molar-refractivity contribution in [3.8, 4) is 0 Å². The second kappa shape index (κ2) is 9.04. The molecular formula is C22H19Cl2N3OS2. The van der Waals surface area contributed by atoms with Gasteiger partial charge in [0.1, 0.15) is 4.88 Å². The first-order valence-corrected chi connectivity index (χ1v) is 11.4. The SMILES string of the molecule is Cl.O=C(Nc1nc2c(s1)CN(Cc1ccccc1)CC2)c1sc2ccccc2c1Cl. The molecule has 0 radical (unpaired) electrons. The Morgan fingerprint density at radius 1 is 1.10 bits per heavy atom. The van der Waals surface area contributed by atoms with Crippen LogP contribution in [0.4, 0.5) is 5.13 Å². The molecule has 154 valence electrons. The maximum atomic E-state index is 12.8. The molecule has 0 saturated heterocycles. The molecule has 0 atom stereocenters. The molecule has 0 fully saturated rings. The third kappa shape index (κ3) is 4.24. The number of rotatable bonds is 4. The van der Waals surface area contributed by atoms with E-state index in [0.717, 1.165) is 41.8 Å². The Bertz CT molecular complexity index is 1190. The highest BCUT2D eigenvalue weighted by atomic mass is 35.5. The number of carbonyl (C=O) groups is 1. The fourth-order valence-corrected chi connectivity index (χ4v) is 6.05. The first-order valence-electron chi connectivity index (χ1n) is 9.40. The lowest BCUT2D eigenvalue weighted by Crippen LogP contribution is -2.29. The maximum Gasteiger partial charge on any atom is 0.269 e. The van der Waals surface area contributed by atoms with Crippen molar-refractivity contribution in [3.63, 3.8) is 0 Å². The van der Waals surface area contributed by atoms with Crippen molar-refractivity contribution < 1.29 is 4.79 Å². The Labute approximate surface area is 193 Å². The molecule has 2 aromatic heterocycles. The number of fused-ring (bicyclic) bond motifs is 2. The summed E-state index contributed by atoms with van der Waals surface area (Å²) < 4.78 is 1.01. The van der Waals surface area contributed by atoms with Gasteiger partial charge >= 0.3 is 0 Å². The lowest BCUT2D eigenvalue weighted by molar-refractivity contribution is 0.103. The van der Waals surface area contributed by atoms with Gasteiger partial charge in [-0.25, -0.2) is 4.98 Å². The van der Waals surface area contributed by atoms with E-state index in [1.54, 1.807) is 11.3 Å². The molecule has 0 bridgehead atoms. The topological polar surface area (TPSA) is 45.2 Å². The number of amides is 1. The maximum absolute atomic E-state index is 12.8. The van der Waals surface area contributed by atoms with Crippen LogP contribution in [0.2, 0.25) is 5.02 Å². The number of nitrogens with zero attached hydrogens (tertiary/aromatic N) is 2. The van der Waals surface area contributed by atoms with E-state index in [4.69, 9.17) is 11.6 Å². The summed E-state index contributed by atoms with van der Waals surface area (Å²) in [6, 6.07) is 18.3. The molecule has 30 heavy (non-hydrogen) atoms. The van der Waals surface area contributed by atoms with Gasteiger partial charge in [-0.1, -0.05) is 60.1 Å². The Hall–Kier alpha value is -1.96. The van der Waals surface area contributed by atoms with Crippen LogP contribution in [0.25, 0.3) is 10.1 Å². The van der Waals surface area contributed by atoms with Crippen LogP contribution in [0.15, 0.2) is 54.6 Å². The summed E-state index contributed by atoms with van der Waals surface area (Å²) in [5.41, 5.74) is 2.41. The van der Waals surface area contributed by atoms with Crippen molar-refractivity contribution in [2.75, 3.05) is 11.9 Å². The van der Waals surface area contributed by atoms with Crippen molar-refractivity contribution in [2.24, 2.45) is 0 Å². The number of anilines is 1. The molecule has 1 aliphatic rings. The highest BCUT2D eigenvalue weighted by molar-refractivity contribution is 7.22. The smallest absolute Gasteiger partial charge is 0.269 e. The lowest BCUT2D eigenvalue weighted by atomic mass is 10.1. The Balaban J connectivity index is 0.00000218. The average molecular weight is 476 g/mol. The van der Waals surface area contributed by atoms with E-state index >= 15 is 0 Å². The minimum absolute atomic E-state index is 0. The molecule has 1 amide bonds. The number of nitrogens with one attached hydrogen (secondary N) is 1. The van der Waals surface area contributed by atoms with Gasteiger partial charge < -0.3 is 0 Å². The van der Waals surface area contributed by atoms with Gasteiger partial charge in [-0.05, 0) is 11.6 Å². The summed E-state index contributed by atoms with van der Waals surface area (Å²) in [6.07, 6.45) is 0.901. The molecule has 0 spiro atoms. The molecule has 1 N–H and O–H groups in total. The summed E-state index contributed by atoms with van der Waals surface area (Å²) in [6.45, 7) is 2.76. The highest BCUT2D eigenvalue weighted by Gasteiger charge is 2.23. The molecule has 2 aromatic carbocycles. The van der Waals surface area contributed by atoms with E-state index in [9.17, 15) is 4.79 Å². The molecule has 0 saturated carbocycles. The van der Waals surface area contributed by atoms with Gasteiger partial charge in [0.15, 0.2) is 5.13 Å². The van der Waals surface area contributed by atoms with Crippen LogP contribution >= 0.6 is 46.7 Å². The summed E-state index contributed by atoms with van der Waals surface area (Å²) in [4.78, 5) is 21.6. The van der Waals surface area contributed by atoms with Gasteiger partial charge in [0.2, 0.25) is 0 Å². The molecule has 4 aromatic rings. The quantitative estimate of drug-likeness (QED) is 0.379. The zero-order chi connectivity index (χ0) is 19.8. The predicted octanol–water partition coefficient (Wildman–Crippen LogP) is 6.24. The normalized spacial score (nSPS) is 13.6. The van der Waals surface area contributed by atoms with Crippen LogP contribution in [0, 0.1) is 0 Å². The zero-order valence-electron chi connectivity index (χ0n) is 15.9. The monoisotopic (exact) mass is 475 g/mol. The molecular weight excluding hydrogens is 457 g/mol. The van der Waals surface area contributed by atoms with Crippen LogP contribution in [0.1, 0.15) is 25.8 Å². The number of carbonyl (C=O) groups excluding carboxylic acids is 1. The molecule has 1 aliphatic heterocycles. The van der Waals surface area contributed by atoms with Gasteiger partial charge in [0, 0.05) is 41.0 Å². The summed E-state index contributed by atoms with van der Waals surface area (Å²) in [5, 5.41) is 5.03. The predicted molar refractivity (Wildman–Crippen MR) is 128 cm³/mol. The second-order valence-electron chi connectivity index (χ2n) is 7.03. The van der Waals surface area contributed by atoms with Crippen molar-refractivity contribution in [2.45, 2.75) is 19.5 Å². The minimum atomic E-state index is -0.191.